The highest BCUT2D eigenvalue weighted by Crippen LogP contribution is 2.40. The van der Waals surface area contributed by atoms with Crippen LogP contribution in [0.1, 0.15) is 30.6 Å². The molecule has 5 nitrogen and oxygen atoms in total. The largest absolute Gasteiger partial charge is 0.454 e. The van der Waals surface area contributed by atoms with Crippen molar-refractivity contribution in [1.82, 2.24) is 0 Å². The van der Waals surface area contributed by atoms with E-state index in [1.807, 2.05) is 6.92 Å². The highest BCUT2D eigenvalue weighted by molar-refractivity contribution is 6.05. The molecule has 1 aromatic rings. The normalized spacial score (nSPS) is 23.1. The number of ketones is 1. The minimum Gasteiger partial charge on any atom is -0.454 e. The van der Waals surface area contributed by atoms with Crippen molar-refractivity contribution in [2.75, 3.05) is 12.1 Å². The summed E-state index contributed by atoms with van der Waals surface area (Å²) < 4.78 is 10.5. The van der Waals surface area contributed by atoms with E-state index in [1.165, 1.54) is 6.92 Å². The van der Waals surface area contributed by atoms with E-state index in [-0.39, 0.29) is 24.4 Å². The minimum atomic E-state index is -0.113. The number of carbonyl (C=O) groups is 2. The fourth-order valence-corrected chi connectivity index (χ4v) is 2.25. The first-order chi connectivity index (χ1) is 9.06. The Hall–Kier alpha value is -2.04. The van der Waals surface area contributed by atoms with E-state index >= 15 is 0 Å². The third kappa shape index (κ3) is 2.16. The lowest BCUT2D eigenvalue weighted by Gasteiger charge is -2.10. The standard InChI is InChI=1S/C14H15NO4/c1-7-3-9(7)14(17)15-11-5-13-12(18-6-19-13)4-10(11)8(2)16/h4-5,7,9H,3,6H2,1-2H3,(H,15,17)/t7-,9-/m0/s1. The van der Waals surface area contributed by atoms with Crippen LogP contribution in [0.2, 0.25) is 0 Å². The van der Waals surface area contributed by atoms with Crippen LogP contribution in [-0.4, -0.2) is 18.5 Å². The Kier molecular flexibility index (Phi) is 2.69. The molecule has 2 aliphatic rings. The van der Waals surface area contributed by atoms with Gasteiger partial charge in [0.2, 0.25) is 12.7 Å². The van der Waals surface area contributed by atoms with Crippen LogP contribution in [0.3, 0.4) is 0 Å². The smallest absolute Gasteiger partial charge is 0.231 e. The van der Waals surface area contributed by atoms with Gasteiger partial charge >= 0.3 is 0 Å². The number of ether oxygens (including phenoxy) is 2. The maximum atomic E-state index is 12.0. The summed E-state index contributed by atoms with van der Waals surface area (Å²) in [6.45, 7) is 3.65. The predicted molar refractivity (Wildman–Crippen MR) is 68.5 cm³/mol. The molecule has 0 spiro atoms. The number of hydrogen-bond acceptors (Lipinski definition) is 4. The molecule has 0 unspecified atom stereocenters. The first-order valence-electron chi connectivity index (χ1n) is 6.31. The Morgan fingerprint density at radius 3 is 2.47 bits per heavy atom. The van der Waals surface area contributed by atoms with E-state index < -0.39 is 0 Å². The summed E-state index contributed by atoms with van der Waals surface area (Å²) in [5, 5.41) is 2.82. The molecule has 1 amide bonds. The quantitative estimate of drug-likeness (QED) is 0.847. The molecule has 100 valence electrons. The van der Waals surface area contributed by atoms with Crippen LogP contribution in [0.25, 0.3) is 0 Å². The number of amides is 1. The van der Waals surface area contributed by atoms with E-state index in [0.717, 1.165) is 6.42 Å². The molecular formula is C14H15NO4. The molecule has 5 heteroatoms. The van der Waals surface area contributed by atoms with Crippen molar-refractivity contribution < 1.29 is 19.1 Å². The third-order valence-electron chi connectivity index (χ3n) is 3.60. The summed E-state index contributed by atoms with van der Waals surface area (Å²) in [5.74, 6) is 1.44. The van der Waals surface area contributed by atoms with Crippen molar-refractivity contribution in [2.45, 2.75) is 20.3 Å². The van der Waals surface area contributed by atoms with E-state index in [4.69, 9.17) is 9.47 Å². The summed E-state index contributed by atoms with van der Waals surface area (Å²) in [5.41, 5.74) is 0.951. The van der Waals surface area contributed by atoms with Crippen molar-refractivity contribution in [3.05, 3.63) is 17.7 Å². The van der Waals surface area contributed by atoms with Crippen molar-refractivity contribution in [3.8, 4) is 11.5 Å². The lowest BCUT2D eigenvalue weighted by atomic mass is 10.1. The number of fused-ring (bicyclic) bond motifs is 1. The molecule has 0 radical (unpaired) electrons. The molecule has 0 aromatic heterocycles. The van der Waals surface area contributed by atoms with Gasteiger partial charge in [-0.2, -0.15) is 0 Å². The molecule has 1 aliphatic carbocycles. The van der Waals surface area contributed by atoms with Crippen LogP contribution < -0.4 is 14.8 Å². The minimum absolute atomic E-state index is 0.0335. The summed E-state index contributed by atoms with van der Waals surface area (Å²) in [6, 6.07) is 3.28. The molecule has 2 atom stereocenters. The molecular weight excluding hydrogens is 246 g/mol. The SMILES string of the molecule is CC(=O)c1cc2c(cc1NC(=O)[C@H]1C[C@@H]1C)OCO2. The van der Waals surface area contributed by atoms with Gasteiger partial charge in [-0.05, 0) is 25.3 Å². The Morgan fingerprint density at radius 1 is 1.26 bits per heavy atom. The first-order valence-corrected chi connectivity index (χ1v) is 6.31. The van der Waals surface area contributed by atoms with Crippen LogP contribution in [0.5, 0.6) is 11.5 Å². The van der Waals surface area contributed by atoms with Crippen molar-refractivity contribution >= 4 is 17.4 Å². The molecule has 1 fully saturated rings. The van der Waals surface area contributed by atoms with Gasteiger partial charge in [-0.3, -0.25) is 9.59 Å². The second-order valence-electron chi connectivity index (χ2n) is 5.12. The molecule has 1 aromatic carbocycles. The molecule has 1 aliphatic heterocycles. The third-order valence-corrected chi connectivity index (χ3v) is 3.60. The van der Waals surface area contributed by atoms with Gasteiger partial charge in [0, 0.05) is 17.5 Å². The van der Waals surface area contributed by atoms with Gasteiger partial charge in [0.15, 0.2) is 17.3 Å². The molecule has 19 heavy (non-hydrogen) atoms. The second kappa shape index (κ2) is 4.26. The average Bonchev–Trinajstić information content (AvgIpc) is 2.92. The molecule has 1 heterocycles. The number of carbonyl (C=O) groups excluding carboxylic acids is 2. The van der Waals surface area contributed by atoms with Crippen LogP contribution >= 0.6 is 0 Å². The van der Waals surface area contributed by atoms with Crippen LogP contribution in [0.4, 0.5) is 5.69 Å². The van der Waals surface area contributed by atoms with Gasteiger partial charge in [0.05, 0.1) is 5.69 Å². The molecule has 3 rings (SSSR count). The Labute approximate surface area is 110 Å². The monoisotopic (exact) mass is 261 g/mol. The zero-order chi connectivity index (χ0) is 13.6. The summed E-state index contributed by atoms with van der Waals surface area (Å²) in [7, 11) is 0. The van der Waals surface area contributed by atoms with E-state index in [1.54, 1.807) is 12.1 Å². The second-order valence-corrected chi connectivity index (χ2v) is 5.12. The van der Waals surface area contributed by atoms with Crippen LogP contribution in [-0.2, 0) is 4.79 Å². The lowest BCUT2D eigenvalue weighted by Crippen LogP contribution is -2.16. The maximum Gasteiger partial charge on any atom is 0.231 e. The van der Waals surface area contributed by atoms with Crippen molar-refractivity contribution in [2.24, 2.45) is 11.8 Å². The van der Waals surface area contributed by atoms with Crippen molar-refractivity contribution in [3.63, 3.8) is 0 Å². The summed E-state index contributed by atoms with van der Waals surface area (Å²) in [4.78, 5) is 23.6. The predicted octanol–water partition coefficient (Wildman–Crippen LogP) is 2.21. The van der Waals surface area contributed by atoms with Gasteiger partial charge < -0.3 is 14.8 Å². The number of rotatable bonds is 3. The Balaban J connectivity index is 1.90. The fourth-order valence-electron chi connectivity index (χ4n) is 2.25. The highest BCUT2D eigenvalue weighted by Gasteiger charge is 2.39. The first kappa shape index (κ1) is 12.0. The zero-order valence-corrected chi connectivity index (χ0v) is 10.9. The van der Waals surface area contributed by atoms with Gasteiger partial charge in [-0.1, -0.05) is 6.92 Å². The van der Waals surface area contributed by atoms with Crippen LogP contribution in [0.15, 0.2) is 12.1 Å². The van der Waals surface area contributed by atoms with Gasteiger partial charge in [0.25, 0.3) is 0 Å². The summed E-state index contributed by atoms with van der Waals surface area (Å²) in [6.07, 6.45) is 0.909. The maximum absolute atomic E-state index is 12.0. The highest BCUT2D eigenvalue weighted by atomic mass is 16.7. The Morgan fingerprint density at radius 2 is 1.89 bits per heavy atom. The molecule has 1 saturated carbocycles. The number of benzene rings is 1. The number of hydrogen-bond donors (Lipinski definition) is 1. The zero-order valence-electron chi connectivity index (χ0n) is 10.9. The number of Topliss-reactive ketones (excluding diaryl/α,β-unsaturated/α-hetero) is 1. The van der Waals surface area contributed by atoms with E-state index in [9.17, 15) is 9.59 Å². The van der Waals surface area contributed by atoms with E-state index in [0.29, 0.717) is 28.7 Å². The van der Waals surface area contributed by atoms with Gasteiger partial charge in [-0.15, -0.1) is 0 Å². The summed E-state index contributed by atoms with van der Waals surface area (Å²) >= 11 is 0. The molecule has 0 bridgehead atoms. The average molecular weight is 261 g/mol. The topological polar surface area (TPSA) is 64.6 Å². The Bertz CT molecular complexity index is 567. The van der Waals surface area contributed by atoms with E-state index in [2.05, 4.69) is 5.32 Å². The molecule has 1 N–H and O–H groups in total. The number of anilines is 1. The lowest BCUT2D eigenvalue weighted by molar-refractivity contribution is -0.117. The van der Waals surface area contributed by atoms with Crippen LogP contribution in [0, 0.1) is 11.8 Å². The van der Waals surface area contributed by atoms with Gasteiger partial charge in [-0.25, -0.2) is 0 Å². The van der Waals surface area contributed by atoms with Crippen molar-refractivity contribution in [1.29, 1.82) is 0 Å². The van der Waals surface area contributed by atoms with Gasteiger partial charge in [0.1, 0.15) is 0 Å². The molecule has 0 saturated heterocycles. The number of nitrogens with one attached hydrogen (secondary N) is 1. The fraction of sp³-hybridized carbons (Fsp3) is 0.429.